The molecule has 0 aliphatic heterocycles. The molecule has 2 aromatic rings. The Bertz CT molecular complexity index is 629. The number of para-hydroxylation sites is 1. The first-order valence-electron chi connectivity index (χ1n) is 7.64. The zero-order valence-electron chi connectivity index (χ0n) is 12.7. The number of fused-ring (bicyclic) bond motifs is 1. The maximum absolute atomic E-state index is 11.1. The lowest BCUT2D eigenvalue weighted by Gasteiger charge is -2.36. The Morgan fingerprint density at radius 2 is 2.00 bits per heavy atom. The van der Waals surface area contributed by atoms with Crippen LogP contribution in [0.1, 0.15) is 45.7 Å². The third kappa shape index (κ3) is 1.96. The average molecular weight is 272 g/mol. The first-order valence-corrected chi connectivity index (χ1v) is 7.64. The molecule has 1 aliphatic rings. The molecule has 1 N–H and O–H groups in total. The largest absolute Gasteiger partial charge is 0.389 e. The molecule has 1 saturated carbocycles. The number of aromatic nitrogens is 2. The zero-order valence-corrected chi connectivity index (χ0v) is 12.7. The molecule has 20 heavy (non-hydrogen) atoms. The SMILES string of the molecule is CCn1nc(CC2(O)CCCC2(C)C)c2ccccc21. The van der Waals surface area contributed by atoms with Gasteiger partial charge in [-0.2, -0.15) is 5.10 Å². The second-order valence-corrected chi connectivity index (χ2v) is 6.73. The Labute approximate surface area is 120 Å². The minimum Gasteiger partial charge on any atom is -0.389 e. The van der Waals surface area contributed by atoms with Gasteiger partial charge in [0.1, 0.15) is 0 Å². The van der Waals surface area contributed by atoms with Crippen LogP contribution in [0.15, 0.2) is 24.3 Å². The molecule has 1 aromatic heterocycles. The van der Waals surface area contributed by atoms with Crippen molar-refractivity contribution in [2.24, 2.45) is 5.41 Å². The van der Waals surface area contributed by atoms with E-state index < -0.39 is 5.60 Å². The molecule has 1 aromatic carbocycles. The molecule has 3 rings (SSSR count). The highest BCUT2D eigenvalue weighted by atomic mass is 16.3. The second kappa shape index (κ2) is 4.59. The van der Waals surface area contributed by atoms with Crippen LogP contribution < -0.4 is 0 Å². The summed E-state index contributed by atoms with van der Waals surface area (Å²) in [5.74, 6) is 0. The third-order valence-electron chi connectivity index (χ3n) is 5.15. The van der Waals surface area contributed by atoms with Gasteiger partial charge in [0.15, 0.2) is 0 Å². The molecule has 0 saturated heterocycles. The van der Waals surface area contributed by atoms with E-state index in [1.54, 1.807) is 0 Å². The summed E-state index contributed by atoms with van der Waals surface area (Å²) in [6, 6.07) is 8.33. The van der Waals surface area contributed by atoms with Crippen LogP contribution in [0.2, 0.25) is 0 Å². The summed E-state index contributed by atoms with van der Waals surface area (Å²) in [7, 11) is 0. The van der Waals surface area contributed by atoms with Gasteiger partial charge in [-0.1, -0.05) is 32.0 Å². The van der Waals surface area contributed by atoms with Crippen LogP contribution in [0.3, 0.4) is 0 Å². The summed E-state index contributed by atoms with van der Waals surface area (Å²) >= 11 is 0. The number of nitrogens with zero attached hydrogens (tertiary/aromatic N) is 2. The third-order valence-corrected chi connectivity index (χ3v) is 5.15. The van der Waals surface area contributed by atoms with Gasteiger partial charge in [0, 0.05) is 18.4 Å². The van der Waals surface area contributed by atoms with Crippen LogP contribution in [0.5, 0.6) is 0 Å². The number of hydrogen-bond acceptors (Lipinski definition) is 2. The Hall–Kier alpha value is -1.35. The lowest BCUT2D eigenvalue weighted by molar-refractivity contribution is -0.0425. The maximum atomic E-state index is 11.1. The Kier molecular flexibility index (Phi) is 3.13. The lowest BCUT2D eigenvalue weighted by atomic mass is 9.75. The summed E-state index contributed by atoms with van der Waals surface area (Å²) < 4.78 is 2.04. The first kappa shape index (κ1) is 13.6. The average Bonchev–Trinajstić information content (AvgIpc) is 2.89. The molecule has 0 amide bonds. The van der Waals surface area contributed by atoms with E-state index in [-0.39, 0.29) is 5.41 Å². The molecule has 3 heteroatoms. The van der Waals surface area contributed by atoms with E-state index in [0.717, 1.165) is 31.5 Å². The summed E-state index contributed by atoms with van der Waals surface area (Å²) in [5, 5.41) is 17.0. The van der Waals surface area contributed by atoms with Gasteiger partial charge in [-0.15, -0.1) is 0 Å². The van der Waals surface area contributed by atoms with Gasteiger partial charge < -0.3 is 5.11 Å². The van der Waals surface area contributed by atoms with E-state index in [2.05, 4.69) is 39.0 Å². The van der Waals surface area contributed by atoms with E-state index in [1.807, 2.05) is 10.7 Å². The Morgan fingerprint density at radius 3 is 2.65 bits per heavy atom. The van der Waals surface area contributed by atoms with Crippen molar-refractivity contribution in [3.8, 4) is 0 Å². The van der Waals surface area contributed by atoms with E-state index in [0.29, 0.717) is 6.42 Å². The molecule has 1 aliphatic carbocycles. The molecule has 3 nitrogen and oxygen atoms in total. The highest BCUT2D eigenvalue weighted by molar-refractivity contribution is 5.82. The molecule has 0 radical (unpaired) electrons. The second-order valence-electron chi connectivity index (χ2n) is 6.73. The fourth-order valence-electron chi connectivity index (χ4n) is 3.57. The van der Waals surface area contributed by atoms with E-state index in [9.17, 15) is 5.11 Å². The fourth-order valence-corrected chi connectivity index (χ4v) is 3.57. The summed E-state index contributed by atoms with van der Waals surface area (Å²) in [5.41, 5.74) is 1.57. The fraction of sp³-hybridized carbons (Fsp3) is 0.588. The van der Waals surface area contributed by atoms with Crippen LogP contribution in [-0.4, -0.2) is 20.5 Å². The molecular weight excluding hydrogens is 248 g/mol. The van der Waals surface area contributed by atoms with Crippen LogP contribution >= 0.6 is 0 Å². The van der Waals surface area contributed by atoms with Crippen molar-refractivity contribution in [1.82, 2.24) is 9.78 Å². The van der Waals surface area contributed by atoms with Gasteiger partial charge in [-0.3, -0.25) is 4.68 Å². The van der Waals surface area contributed by atoms with Crippen molar-refractivity contribution in [3.63, 3.8) is 0 Å². The van der Waals surface area contributed by atoms with Gasteiger partial charge in [-0.05, 0) is 37.7 Å². The maximum Gasteiger partial charge on any atom is 0.0754 e. The van der Waals surface area contributed by atoms with Crippen molar-refractivity contribution in [1.29, 1.82) is 0 Å². The molecule has 1 atom stereocenters. The topological polar surface area (TPSA) is 38.0 Å². The van der Waals surface area contributed by atoms with Crippen molar-refractivity contribution < 1.29 is 5.11 Å². The molecular formula is C17H24N2O. The predicted octanol–water partition coefficient (Wildman–Crippen LogP) is 3.54. The summed E-state index contributed by atoms with van der Waals surface area (Å²) in [4.78, 5) is 0. The molecule has 108 valence electrons. The van der Waals surface area contributed by atoms with E-state index >= 15 is 0 Å². The predicted molar refractivity (Wildman–Crippen MR) is 81.7 cm³/mol. The quantitative estimate of drug-likeness (QED) is 0.928. The minimum absolute atomic E-state index is 0.0237. The summed E-state index contributed by atoms with van der Waals surface area (Å²) in [6.07, 6.45) is 3.74. The van der Waals surface area contributed by atoms with Gasteiger partial charge in [0.2, 0.25) is 0 Å². The van der Waals surface area contributed by atoms with Crippen LogP contribution in [0.4, 0.5) is 0 Å². The minimum atomic E-state index is -0.622. The number of rotatable bonds is 3. The molecule has 1 fully saturated rings. The highest BCUT2D eigenvalue weighted by Crippen LogP contribution is 2.47. The lowest BCUT2D eigenvalue weighted by Crippen LogP contribution is -2.42. The monoisotopic (exact) mass is 272 g/mol. The normalized spacial score (nSPS) is 25.4. The number of benzene rings is 1. The highest BCUT2D eigenvalue weighted by Gasteiger charge is 2.47. The van der Waals surface area contributed by atoms with E-state index in [1.165, 1.54) is 10.9 Å². The molecule has 1 heterocycles. The van der Waals surface area contributed by atoms with Crippen LogP contribution in [0.25, 0.3) is 10.9 Å². The van der Waals surface area contributed by atoms with Gasteiger partial charge in [0.25, 0.3) is 0 Å². The van der Waals surface area contributed by atoms with Crippen molar-refractivity contribution in [2.45, 2.75) is 58.6 Å². The van der Waals surface area contributed by atoms with Crippen molar-refractivity contribution in [2.75, 3.05) is 0 Å². The van der Waals surface area contributed by atoms with Crippen LogP contribution in [-0.2, 0) is 13.0 Å². The van der Waals surface area contributed by atoms with Crippen LogP contribution in [0, 0.1) is 5.41 Å². The number of aryl methyl sites for hydroxylation is 1. The Morgan fingerprint density at radius 1 is 1.25 bits per heavy atom. The van der Waals surface area contributed by atoms with Crippen molar-refractivity contribution in [3.05, 3.63) is 30.0 Å². The number of aliphatic hydroxyl groups is 1. The summed E-state index contributed by atoms with van der Waals surface area (Å²) in [6.45, 7) is 7.33. The van der Waals surface area contributed by atoms with Gasteiger partial charge in [0.05, 0.1) is 16.8 Å². The molecule has 0 bridgehead atoms. The number of hydrogen-bond donors (Lipinski definition) is 1. The van der Waals surface area contributed by atoms with Crippen molar-refractivity contribution >= 4 is 10.9 Å². The van der Waals surface area contributed by atoms with Gasteiger partial charge >= 0.3 is 0 Å². The van der Waals surface area contributed by atoms with Gasteiger partial charge in [-0.25, -0.2) is 0 Å². The molecule has 1 unspecified atom stereocenters. The smallest absolute Gasteiger partial charge is 0.0754 e. The molecule has 0 spiro atoms. The first-order chi connectivity index (χ1) is 9.47. The Balaban J connectivity index is 2.03. The zero-order chi connectivity index (χ0) is 14.4. The standard InChI is InChI=1S/C17H24N2O/c1-4-19-15-9-6-5-8-13(15)14(18-19)12-17(20)11-7-10-16(17,2)3/h5-6,8-9,20H,4,7,10-12H2,1-3H3. The van der Waals surface area contributed by atoms with E-state index in [4.69, 9.17) is 5.10 Å².